The number of nitrogens with zero attached hydrogens (tertiary/aromatic N) is 1. The summed E-state index contributed by atoms with van der Waals surface area (Å²) in [6.07, 6.45) is 1.25. The van der Waals surface area contributed by atoms with Gasteiger partial charge >= 0.3 is 0 Å². The van der Waals surface area contributed by atoms with Crippen LogP contribution in [0.4, 0.5) is 5.82 Å². The molecule has 7 heteroatoms. The molecule has 0 bridgehead atoms. The van der Waals surface area contributed by atoms with E-state index < -0.39 is 0 Å². The molecule has 3 aromatic heterocycles. The minimum absolute atomic E-state index is 0.115. The van der Waals surface area contributed by atoms with Gasteiger partial charge < -0.3 is 5.32 Å². The second-order valence-corrected chi connectivity index (χ2v) is 10.3. The molecule has 2 N–H and O–H groups in total. The van der Waals surface area contributed by atoms with Gasteiger partial charge in [0.05, 0.1) is 17.2 Å². The number of rotatable bonds is 3. The molecular weight excluding hydrogens is 438 g/mol. The first-order valence-electron chi connectivity index (χ1n) is 10.6. The van der Waals surface area contributed by atoms with Gasteiger partial charge in [-0.2, -0.15) is 0 Å². The fourth-order valence-corrected chi connectivity index (χ4v) is 6.79. The molecule has 4 aromatic rings. The molecular formula is C25H21N3O2S2. The third-order valence-electron chi connectivity index (χ3n) is 6.41. The Morgan fingerprint density at radius 3 is 2.53 bits per heavy atom. The zero-order valence-electron chi connectivity index (χ0n) is 17.4. The molecule has 0 saturated carbocycles. The van der Waals surface area contributed by atoms with Gasteiger partial charge in [0.2, 0.25) is 0 Å². The summed E-state index contributed by atoms with van der Waals surface area (Å²) in [6, 6.07) is 15.8. The maximum atomic E-state index is 13.6. The number of aromatic amines is 1. The summed E-state index contributed by atoms with van der Waals surface area (Å²) in [4.78, 5) is 29.5. The fraction of sp³-hybridized carbons (Fsp3) is 0.200. The van der Waals surface area contributed by atoms with Crippen LogP contribution in [0.15, 0.2) is 75.4 Å². The number of hydrogen-bond acceptors (Lipinski definition) is 5. The Kier molecular flexibility index (Phi) is 4.55. The van der Waals surface area contributed by atoms with E-state index in [9.17, 15) is 9.59 Å². The Balaban J connectivity index is 1.54. The zero-order chi connectivity index (χ0) is 21.8. The maximum Gasteiger partial charge on any atom is 0.277 e. The van der Waals surface area contributed by atoms with Gasteiger partial charge in [-0.1, -0.05) is 24.3 Å². The van der Waals surface area contributed by atoms with Crippen molar-refractivity contribution in [3.05, 3.63) is 102 Å². The normalized spacial score (nSPS) is 20.1. The van der Waals surface area contributed by atoms with Crippen LogP contribution in [-0.4, -0.2) is 15.6 Å². The lowest BCUT2D eigenvalue weighted by Crippen LogP contribution is -2.31. The quantitative estimate of drug-likeness (QED) is 0.422. The van der Waals surface area contributed by atoms with E-state index in [0.29, 0.717) is 17.8 Å². The van der Waals surface area contributed by atoms with Crippen LogP contribution in [0, 0.1) is 6.92 Å². The van der Waals surface area contributed by atoms with Crippen LogP contribution < -0.4 is 10.9 Å². The molecule has 0 saturated heterocycles. The standard InChI is InChI=1S/C25H21N3O2S2/c1-14-9-11-32-23(14)21-20-17(12-15(13-18(20)29)19-8-5-10-31-19)26-24-22(21)25(30)28(27-24)16-6-3-2-4-7-16/h2-11,15,21,26-27H,12-13H2,1H3. The largest absolute Gasteiger partial charge is 0.343 e. The molecule has 32 heavy (non-hydrogen) atoms. The topological polar surface area (TPSA) is 66.9 Å². The molecule has 0 spiro atoms. The Hall–Kier alpha value is -3.16. The number of hydrogen-bond donors (Lipinski definition) is 2. The van der Waals surface area contributed by atoms with Crippen LogP contribution in [0.25, 0.3) is 5.69 Å². The number of thiophene rings is 2. The number of allylic oxidation sites excluding steroid dienone is 2. The highest BCUT2D eigenvalue weighted by Crippen LogP contribution is 2.48. The van der Waals surface area contributed by atoms with Crippen LogP contribution in [0.5, 0.6) is 0 Å². The molecule has 0 amide bonds. The number of carbonyl (C=O) groups excluding carboxylic acids is 1. The fourth-order valence-electron chi connectivity index (χ4n) is 4.92. The number of Topliss-reactive ketones (excluding diaryl/α,β-unsaturated/α-hetero) is 1. The lowest BCUT2D eigenvalue weighted by atomic mass is 9.75. The van der Waals surface area contributed by atoms with Crippen molar-refractivity contribution in [2.75, 3.05) is 5.32 Å². The third-order valence-corrected chi connectivity index (χ3v) is 8.53. The average Bonchev–Trinajstić information content (AvgIpc) is 3.54. The number of fused-ring (bicyclic) bond motifs is 1. The summed E-state index contributed by atoms with van der Waals surface area (Å²) >= 11 is 3.31. The Bertz CT molecular complexity index is 1410. The van der Waals surface area contributed by atoms with Crippen LogP contribution in [0.3, 0.4) is 0 Å². The minimum atomic E-state index is -0.341. The second-order valence-electron chi connectivity index (χ2n) is 8.34. The van der Waals surface area contributed by atoms with Gasteiger partial charge in [0.15, 0.2) is 5.78 Å². The van der Waals surface area contributed by atoms with E-state index in [-0.39, 0.29) is 23.2 Å². The number of benzene rings is 1. The van der Waals surface area contributed by atoms with E-state index in [1.807, 2.05) is 41.8 Å². The maximum absolute atomic E-state index is 13.6. The van der Waals surface area contributed by atoms with E-state index in [1.165, 1.54) is 4.88 Å². The van der Waals surface area contributed by atoms with Crippen molar-refractivity contribution >= 4 is 34.3 Å². The first-order valence-corrected chi connectivity index (χ1v) is 12.4. The highest BCUT2D eigenvalue weighted by Gasteiger charge is 2.42. The first kappa shape index (κ1) is 19.5. The lowest BCUT2D eigenvalue weighted by molar-refractivity contribution is -0.116. The molecule has 2 unspecified atom stereocenters. The predicted octanol–water partition coefficient (Wildman–Crippen LogP) is 5.56. The van der Waals surface area contributed by atoms with Gasteiger partial charge in [-0.15, -0.1) is 22.7 Å². The lowest BCUT2D eigenvalue weighted by Gasteiger charge is -2.34. The van der Waals surface area contributed by atoms with Crippen LogP contribution >= 0.6 is 22.7 Å². The van der Waals surface area contributed by atoms with Crippen molar-refractivity contribution in [3.8, 4) is 5.69 Å². The Morgan fingerprint density at radius 1 is 0.969 bits per heavy atom. The van der Waals surface area contributed by atoms with Crippen molar-refractivity contribution in [1.82, 2.24) is 9.78 Å². The molecule has 0 radical (unpaired) electrons. The van der Waals surface area contributed by atoms with Gasteiger partial charge in [0.1, 0.15) is 5.82 Å². The van der Waals surface area contributed by atoms with Gasteiger partial charge in [-0.05, 0) is 53.9 Å². The molecule has 6 rings (SSSR count). The highest BCUT2D eigenvalue weighted by molar-refractivity contribution is 7.10. The summed E-state index contributed by atoms with van der Waals surface area (Å²) in [5.41, 5.74) is 4.09. The van der Waals surface area contributed by atoms with Crippen molar-refractivity contribution in [3.63, 3.8) is 0 Å². The van der Waals surface area contributed by atoms with E-state index >= 15 is 0 Å². The summed E-state index contributed by atoms with van der Waals surface area (Å²) in [5, 5.41) is 10.8. The van der Waals surface area contributed by atoms with E-state index in [1.54, 1.807) is 27.4 Å². The SMILES string of the molecule is Cc1ccsc1C1C2=C(CC(c3cccs3)CC2=O)Nc2[nH]n(-c3ccccc3)c(=O)c21. The molecule has 4 heterocycles. The number of H-pyrrole nitrogens is 1. The van der Waals surface area contributed by atoms with Crippen LogP contribution in [0.1, 0.15) is 45.6 Å². The highest BCUT2D eigenvalue weighted by atomic mass is 32.1. The van der Waals surface area contributed by atoms with Crippen molar-refractivity contribution in [1.29, 1.82) is 0 Å². The van der Waals surface area contributed by atoms with Crippen molar-refractivity contribution in [2.45, 2.75) is 31.6 Å². The predicted molar refractivity (Wildman–Crippen MR) is 129 cm³/mol. The molecule has 0 fully saturated rings. The van der Waals surface area contributed by atoms with Crippen LogP contribution in [0.2, 0.25) is 0 Å². The van der Waals surface area contributed by atoms with Gasteiger partial charge in [-0.25, -0.2) is 4.68 Å². The molecule has 1 aliphatic heterocycles. The number of nitrogens with one attached hydrogen (secondary N) is 2. The van der Waals surface area contributed by atoms with Crippen molar-refractivity contribution < 1.29 is 4.79 Å². The number of carbonyl (C=O) groups is 1. The second kappa shape index (κ2) is 7.46. The number of aryl methyl sites for hydroxylation is 1. The smallest absolute Gasteiger partial charge is 0.277 e. The molecule has 160 valence electrons. The van der Waals surface area contributed by atoms with E-state index in [0.717, 1.165) is 33.8 Å². The monoisotopic (exact) mass is 459 g/mol. The number of para-hydroxylation sites is 1. The van der Waals surface area contributed by atoms with Gasteiger partial charge in [0.25, 0.3) is 5.56 Å². The van der Waals surface area contributed by atoms with E-state index in [4.69, 9.17) is 0 Å². The summed E-state index contributed by atoms with van der Waals surface area (Å²) in [6.45, 7) is 2.05. The first-order chi connectivity index (χ1) is 15.6. The zero-order valence-corrected chi connectivity index (χ0v) is 19.1. The van der Waals surface area contributed by atoms with Gasteiger partial charge in [-0.3, -0.25) is 14.7 Å². The average molecular weight is 460 g/mol. The Morgan fingerprint density at radius 2 is 1.81 bits per heavy atom. The molecule has 1 aromatic carbocycles. The van der Waals surface area contributed by atoms with Gasteiger partial charge in [0, 0.05) is 33.4 Å². The molecule has 2 aliphatic rings. The summed E-state index contributed by atoms with van der Waals surface area (Å²) in [7, 11) is 0. The molecule has 5 nitrogen and oxygen atoms in total. The van der Waals surface area contributed by atoms with Crippen LogP contribution in [-0.2, 0) is 4.79 Å². The van der Waals surface area contributed by atoms with Crippen molar-refractivity contribution in [2.24, 2.45) is 0 Å². The summed E-state index contributed by atoms with van der Waals surface area (Å²) < 4.78 is 1.58. The Labute approximate surface area is 193 Å². The molecule has 2 atom stereocenters. The minimum Gasteiger partial charge on any atom is -0.343 e. The number of ketones is 1. The van der Waals surface area contributed by atoms with E-state index in [2.05, 4.69) is 34.9 Å². The number of aromatic nitrogens is 2. The molecule has 1 aliphatic carbocycles. The third kappa shape index (κ3) is 2.96. The summed E-state index contributed by atoms with van der Waals surface area (Å²) in [5.74, 6) is 0.651. The number of anilines is 1.